The highest BCUT2D eigenvalue weighted by Gasteiger charge is 2.11. The molecule has 1 heterocycles. The monoisotopic (exact) mass is 292 g/mol. The van der Waals surface area contributed by atoms with E-state index in [0.29, 0.717) is 6.04 Å². The number of benzene rings is 1. The van der Waals surface area contributed by atoms with Crippen LogP contribution in [0.1, 0.15) is 19.1 Å². The predicted octanol–water partition coefficient (Wildman–Crippen LogP) is 4.43. The second-order valence-corrected chi connectivity index (χ2v) is 5.60. The number of hydrogen-bond acceptors (Lipinski definition) is 3. The lowest BCUT2D eigenvalue weighted by atomic mass is 10.1. The molecular weight excluding hydrogens is 272 g/mol. The van der Waals surface area contributed by atoms with Crippen molar-refractivity contribution in [3.8, 4) is 0 Å². The first-order valence-electron chi connectivity index (χ1n) is 6.82. The van der Waals surface area contributed by atoms with Gasteiger partial charge in [0.15, 0.2) is 0 Å². The van der Waals surface area contributed by atoms with E-state index in [2.05, 4.69) is 18.3 Å². The Hall–Kier alpha value is -1.61. The lowest BCUT2D eigenvalue weighted by molar-refractivity contribution is 0.495. The number of nitrogens with zero attached hydrogens (tertiary/aromatic N) is 1. The topological polar surface area (TPSA) is 28.4 Å². The molecule has 0 radical (unpaired) electrons. The zero-order valence-corrected chi connectivity index (χ0v) is 12.9. The Morgan fingerprint density at radius 2 is 2.05 bits per heavy atom. The van der Waals surface area contributed by atoms with E-state index in [4.69, 9.17) is 16.0 Å². The molecule has 4 heteroatoms. The van der Waals surface area contributed by atoms with E-state index < -0.39 is 0 Å². The summed E-state index contributed by atoms with van der Waals surface area (Å²) in [6, 6.07) is 10.2. The van der Waals surface area contributed by atoms with E-state index in [0.717, 1.165) is 35.0 Å². The summed E-state index contributed by atoms with van der Waals surface area (Å²) >= 11 is 6.27. The molecule has 2 rings (SSSR count). The molecule has 0 amide bonds. The van der Waals surface area contributed by atoms with E-state index in [9.17, 15) is 0 Å². The van der Waals surface area contributed by atoms with Crippen LogP contribution in [0.3, 0.4) is 0 Å². The molecule has 1 aromatic carbocycles. The normalized spacial score (nSPS) is 12.2. The summed E-state index contributed by atoms with van der Waals surface area (Å²) in [7, 11) is 4.00. The van der Waals surface area contributed by atoms with Crippen LogP contribution in [0, 0.1) is 0 Å². The third-order valence-corrected chi connectivity index (χ3v) is 3.54. The minimum atomic E-state index is 0.345. The van der Waals surface area contributed by atoms with Crippen molar-refractivity contribution in [3.05, 3.63) is 47.4 Å². The Labute approximate surface area is 125 Å². The van der Waals surface area contributed by atoms with Crippen molar-refractivity contribution in [2.45, 2.75) is 25.8 Å². The van der Waals surface area contributed by atoms with E-state index in [1.165, 1.54) is 0 Å². The molecule has 0 spiro atoms. The SMILES string of the molecule is CC(CCc1ccco1)Nc1cccc(Cl)c1N(C)C. The van der Waals surface area contributed by atoms with E-state index in [-0.39, 0.29) is 0 Å². The van der Waals surface area contributed by atoms with Gasteiger partial charge in [-0.1, -0.05) is 17.7 Å². The number of hydrogen-bond donors (Lipinski definition) is 1. The molecule has 20 heavy (non-hydrogen) atoms. The molecule has 0 fully saturated rings. The van der Waals surface area contributed by atoms with Crippen LogP contribution in [0.5, 0.6) is 0 Å². The Kier molecular flexibility index (Phi) is 4.96. The third-order valence-electron chi connectivity index (χ3n) is 3.24. The van der Waals surface area contributed by atoms with Gasteiger partial charge in [0, 0.05) is 26.6 Å². The van der Waals surface area contributed by atoms with Gasteiger partial charge in [-0.05, 0) is 37.6 Å². The second kappa shape index (κ2) is 6.71. The standard InChI is InChI=1S/C16H21ClN2O/c1-12(9-10-13-6-5-11-20-13)18-15-8-4-7-14(17)16(15)19(2)3/h4-8,11-12,18H,9-10H2,1-3H3. The number of nitrogens with one attached hydrogen (secondary N) is 1. The first kappa shape index (κ1) is 14.8. The van der Waals surface area contributed by atoms with Crippen molar-refractivity contribution < 1.29 is 4.42 Å². The molecule has 0 saturated carbocycles. The summed E-state index contributed by atoms with van der Waals surface area (Å²) in [5.41, 5.74) is 2.09. The number of aryl methyl sites for hydroxylation is 1. The number of anilines is 2. The maximum atomic E-state index is 6.27. The second-order valence-electron chi connectivity index (χ2n) is 5.19. The zero-order valence-electron chi connectivity index (χ0n) is 12.2. The van der Waals surface area contributed by atoms with Crippen molar-refractivity contribution >= 4 is 23.0 Å². The summed E-state index contributed by atoms with van der Waals surface area (Å²) in [5.74, 6) is 1.03. The maximum Gasteiger partial charge on any atom is 0.103 e. The van der Waals surface area contributed by atoms with Crippen LogP contribution in [-0.2, 0) is 6.42 Å². The molecule has 0 aliphatic heterocycles. The maximum absolute atomic E-state index is 6.27. The van der Waals surface area contributed by atoms with Crippen LogP contribution in [0.4, 0.5) is 11.4 Å². The van der Waals surface area contributed by atoms with Crippen molar-refractivity contribution in [1.82, 2.24) is 0 Å². The fourth-order valence-corrected chi connectivity index (χ4v) is 2.58. The van der Waals surface area contributed by atoms with Gasteiger partial charge >= 0.3 is 0 Å². The summed E-state index contributed by atoms with van der Waals surface area (Å²) in [4.78, 5) is 2.03. The average Bonchev–Trinajstić information content (AvgIpc) is 2.89. The molecule has 108 valence electrons. The fourth-order valence-electron chi connectivity index (χ4n) is 2.24. The van der Waals surface area contributed by atoms with Crippen LogP contribution in [-0.4, -0.2) is 20.1 Å². The van der Waals surface area contributed by atoms with Crippen molar-refractivity contribution in [2.24, 2.45) is 0 Å². The van der Waals surface area contributed by atoms with Crippen LogP contribution in [0.2, 0.25) is 5.02 Å². The van der Waals surface area contributed by atoms with Gasteiger partial charge in [0.05, 0.1) is 22.7 Å². The van der Waals surface area contributed by atoms with Crippen LogP contribution < -0.4 is 10.2 Å². The van der Waals surface area contributed by atoms with Gasteiger partial charge in [0.1, 0.15) is 5.76 Å². The third kappa shape index (κ3) is 3.70. The Bertz CT molecular complexity index is 537. The molecule has 0 bridgehead atoms. The van der Waals surface area contributed by atoms with Gasteiger partial charge in [-0.2, -0.15) is 0 Å². The van der Waals surface area contributed by atoms with Crippen molar-refractivity contribution in [3.63, 3.8) is 0 Å². The first-order valence-corrected chi connectivity index (χ1v) is 7.20. The Morgan fingerprint density at radius 1 is 1.25 bits per heavy atom. The quantitative estimate of drug-likeness (QED) is 0.853. The molecule has 0 saturated heterocycles. The summed E-state index contributed by atoms with van der Waals surface area (Å²) < 4.78 is 5.36. The van der Waals surface area contributed by atoms with Crippen molar-refractivity contribution in [1.29, 1.82) is 0 Å². The van der Waals surface area contributed by atoms with E-state index in [1.807, 2.05) is 43.3 Å². The van der Waals surface area contributed by atoms with Gasteiger partial charge in [-0.3, -0.25) is 0 Å². The predicted molar refractivity (Wildman–Crippen MR) is 85.9 cm³/mol. The minimum Gasteiger partial charge on any atom is -0.469 e. The number of furan rings is 1. The Morgan fingerprint density at radius 3 is 2.70 bits per heavy atom. The highest BCUT2D eigenvalue weighted by molar-refractivity contribution is 6.34. The van der Waals surface area contributed by atoms with Gasteiger partial charge < -0.3 is 14.6 Å². The molecule has 2 aromatic rings. The molecule has 0 aliphatic carbocycles. The van der Waals surface area contributed by atoms with Gasteiger partial charge in [0.2, 0.25) is 0 Å². The highest BCUT2D eigenvalue weighted by Crippen LogP contribution is 2.33. The average molecular weight is 293 g/mol. The van der Waals surface area contributed by atoms with Gasteiger partial charge in [-0.15, -0.1) is 0 Å². The molecule has 3 nitrogen and oxygen atoms in total. The molecule has 0 aliphatic rings. The number of rotatable bonds is 6. The van der Waals surface area contributed by atoms with Crippen LogP contribution in [0.15, 0.2) is 41.0 Å². The molecule has 1 atom stereocenters. The minimum absolute atomic E-state index is 0.345. The van der Waals surface area contributed by atoms with Gasteiger partial charge in [0.25, 0.3) is 0 Å². The number of para-hydroxylation sites is 1. The van der Waals surface area contributed by atoms with Crippen molar-refractivity contribution in [2.75, 3.05) is 24.3 Å². The lowest BCUT2D eigenvalue weighted by Crippen LogP contribution is -2.19. The van der Waals surface area contributed by atoms with Crippen LogP contribution in [0.25, 0.3) is 0 Å². The lowest BCUT2D eigenvalue weighted by Gasteiger charge is -2.23. The summed E-state index contributed by atoms with van der Waals surface area (Å²) in [5, 5.41) is 4.29. The molecule has 1 aromatic heterocycles. The fraction of sp³-hybridized carbons (Fsp3) is 0.375. The molecule has 1 unspecified atom stereocenters. The van der Waals surface area contributed by atoms with Gasteiger partial charge in [-0.25, -0.2) is 0 Å². The smallest absolute Gasteiger partial charge is 0.103 e. The van der Waals surface area contributed by atoms with E-state index >= 15 is 0 Å². The number of halogens is 1. The molecule has 1 N–H and O–H groups in total. The van der Waals surface area contributed by atoms with Crippen LogP contribution >= 0.6 is 11.6 Å². The summed E-state index contributed by atoms with van der Waals surface area (Å²) in [6.07, 6.45) is 3.65. The van der Waals surface area contributed by atoms with E-state index in [1.54, 1.807) is 6.26 Å². The highest BCUT2D eigenvalue weighted by atomic mass is 35.5. The first-order chi connectivity index (χ1) is 9.58. The zero-order chi connectivity index (χ0) is 14.5. The largest absolute Gasteiger partial charge is 0.469 e. The summed E-state index contributed by atoms with van der Waals surface area (Å²) in [6.45, 7) is 2.17. The molecular formula is C16H21ClN2O. The Balaban J connectivity index is 2.00.